The Balaban J connectivity index is 2.09. The second-order valence-corrected chi connectivity index (χ2v) is 3.73. The van der Waals surface area contributed by atoms with Crippen LogP contribution in [0.4, 0.5) is 21.8 Å². The summed E-state index contributed by atoms with van der Waals surface area (Å²) in [4.78, 5) is 4.22. The monoisotopic (exact) mass is 247 g/mol. The fraction of sp³-hybridized carbons (Fsp3) is 0.250. The highest BCUT2D eigenvalue weighted by Gasteiger charge is 2.01. The van der Waals surface area contributed by atoms with Crippen LogP contribution < -0.4 is 10.6 Å². The van der Waals surface area contributed by atoms with Crippen molar-refractivity contribution in [3.63, 3.8) is 0 Å². The summed E-state index contributed by atoms with van der Waals surface area (Å²) < 4.78 is 13.0. The molecule has 2 aromatic rings. The minimum atomic E-state index is -0.300. The molecule has 0 spiro atoms. The number of aromatic nitrogens is 3. The van der Waals surface area contributed by atoms with Gasteiger partial charge < -0.3 is 10.6 Å². The van der Waals surface area contributed by atoms with Crippen LogP contribution in [0.15, 0.2) is 30.5 Å². The minimum Gasteiger partial charge on any atom is -0.353 e. The summed E-state index contributed by atoms with van der Waals surface area (Å²) in [6.07, 6.45) is 2.47. The van der Waals surface area contributed by atoms with Gasteiger partial charge in [-0.15, -0.1) is 5.10 Å². The molecule has 0 atom stereocenters. The molecule has 2 rings (SSSR count). The van der Waals surface area contributed by atoms with E-state index in [9.17, 15) is 4.39 Å². The van der Waals surface area contributed by atoms with E-state index >= 15 is 0 Å². The Morgan fingerprint density at radius 3 is 3.00 bits per heavy atom. The third-order valence-electron chi connectivity index (χ3n) is 2.19. The Hall–Kier alpha value is -2.24. The molecule has 1 heterocycles. The van der Waals surface area contributed by atoms with E-state index in [1.807, 2.05) is 0 Å². The van der Waals surface area contributed by atoms with Gasteiger partial charge in [0, 0.05) is 12.2 Å². The van der Waals surface area contributed by atoms with Crippen molar-refractivity contribution in [2.45, 2.75) is 13.3 Å². The zero-order valence-electron chi connectivity index (χ0n) is 10.0. The van der Waals surface area contributed by atoms with Crippen LogP contribution in [-0.4, -0.2) is 21.7 Å². The molecule has 94 valence electrons. The van der Waals surface area contributed by atoms with Gasteiger partial charge in [-0.3, -0.25) is 0 Å². The van der Waals surface area contributed by atoms with Crippen molar-refractivity contribution in [1.29, 1.82) is 0 Å². The average Bonchev–Trinajstić information content (AvgIpc) is 2.37. The van der Waals surface area contributed by atoms with E-state index in [2.05, 4.69) is 32.7 Å². The molecule has 0 bridgehead atoms. The first-order chi connectivity index (χ1) is 8.78. The highest BCUT2D eigenvalue weighted by atomic mass is 19.1. The van der Waals surface area contributed by atoms with Gasteiger partial charge in [0.15, 0.2) is 5.82 Å². The number of benzene rings is 1. The van der Waals surface area contributed by atoms with E-state index in [0.29, 0.717) is 17.5 Å². The van der Waals surface area contributed by atoms with Crippen LogP contribution >= 0.6 is 0 Å². The molecule has 0 amide bonds. The Labute approximate surface area is 104 Å². The van der Waals surface area contributed by atoms with E-state index in [0.717, 1.165) is 13.0 Å². The van der Waals surface area contributed by atoms with Crippen molar-refractivity contribution in [2.75, 3.05) is 17.2 Å². The zero-order chi connectivity index (χ0) is 12.8. The molecular weight excluding hydrogens is 233 g/mol. The van der Waals surface area contributed by atoms with Crippen LogP contribution in [0.1, 0.15) is 13.3 Å². The predicted molar refractivity (Wildman–Crippen MR) is 68.3 cm³/mol. The summed E-state index contributed by atoms with van der Waals surface area (Å²) >= 11 is 0. The molecule has 18 heavy (non-hydrogen) atoms. The normalized spacial score (nSPS) is 10.1. The SMILES string of the molecule is CCCNc1nncc(Nc2cccc(F)c2)n1. The first kappa shape index (κ1) is 12.2. The first-order valence-corrected chi connectivity index (χ1v) is 5.74. The molecule has 0 radical (unpaired) electrons. The first-order valence-electron chi connectivity index (χ1n) is 5.74. The Bertz CT molecular complexity index is 517. The number of rotatable bonds is 5. The molecule has 1 aromatic heterocycles. The second kappa shape index (κ2) is 5.90. The molecule has 0 fully saturated rings. The Morgan fingerprint density at radius 2 is 2.22 bits per heavy atom. The summed E-state index contributed by atoms with van der Waals surface area (Å²) in [5, 5.41) is 13.7. The van der Waals surface area contributed by atoms with E-state index in [-0.39, 0.29) is 5.82 Å². The Kier molecular flexibility index (Phi) is 4.01. The van der Waals surface area contributed by atoms with Crippen LogP contribution in [-0.2, 0) is 0 Å². The molecule has 0 aliphatic carbocycles. The number of nitrogens with zero attached hydrogens (tertiary/aromatic N) is 3. The van der Waals surface area contributed by atoms with E-state index in [1.165, 1.54) is 18.3 Å². The largest absolute Gasteiger partial charge is 0.353 e. The van der Waals surface area contributed by atoms with Crippen LogP contribution in [0, 0.1) is 5.82 Å². The maximum atomic E-state index is 13.0. The van der Waals surface area contributed by atoms with Crippen LogP contribution in [0.5, 0.6) is 0 Å². The minimum absolute atomic E-state index is 0.300. The lowest BCUT2D eigenvalue weighted by molar-refractivity contribution is 0.628. The number of nitrogens with one attached hydrogen (secondary N) is 2. The average molecular weight is 247 g/mol. The molecule has 0 unspecified atom stereocenters. The molecule has 5 nitrogen and oxygen atoms in total. The lowest BCUT2D eigenvalue weighted by Crippen LogP contribution is -2.06. The van der Waals surface area contributed by atoms with Gasteiger partial charge in [0.2, 0.25) is 5.95 Å². The lowest BCUT2D eigenvalue weighted by Gasteiger charge is -2.06. The van der Waals surface area contributed by atoms with Gasteiger partial charge in [-0.25, -0.2) is 4.39 Å². The van der Waals surface area contributed by atoms with E-state index < -0.39 is 0 Å². The summed E-state index contributed by atoms with van der Waals surface area (Å²) in [7, 11) is 0. The van der Waals surface area contributed by atoms with Gasteiger partial charge >= 0.3 is 0 Å². The molecule has 0 saturated heterocycles. The van der Waals surface area contributed by atoms with Crippen molar-refractivity contribution in [1.82, 2.24) is 15.2 Å². The van der Waals surface area contributed by atoms with Gasteiger partial charge in [0.1, 0.15) is 5.82 Å². The van der Waals surface area contributed by atoms with Gasteiger partial charge in [0.05, 0.1) is 6.20 Å². The quantitative estimate of drug-likeness (QED) is 0.850. The summed E-state index contributed by atoms with van der Waals surface area (Å²) in [5.41, 5.74) is 0.622. The fourth-order valence-corrected chi connectivity index (χ4v) is 1.39. The lowest BCUT2D eigenvalue weighted by atomic mass is 10.3. The topological polar surface area (TPSA) is 62.7 Å². The number of halogens is 1. The highest BCUT2D eigenvalue weighted by Crippen LogP contribution is 2.15. The van der Waals surface area contributed by atoms with E-state index in [1.54, 1.807) is 12.1 Å². The molecule has 0 aliphatic heterocycles. The predicted octanol–water partition coefficient (Wildman–Crippen LogP) is 2.58. The van der Waals surface area contributed by atoms with Crippen molar-refractivity contribution in [3.8, 4) is 0 Å². The van der Waals surface area contributed by atoms with Crippen LogP contribution in [0.2, 0.25) is 0 Å². The standard InChI is InChI=1S/C12H14FN5/c1-2-6-14-12-17-11(8-15-18-12)16-10-5-3-4-9(13)7-10/h3-5,7-8H,2,6H2,1H3,(H2,14,16,17,18). The smallest absolute Gasteiger partial charge is 0.244 e. The summed E-state index contributed by atoms with van der Waals surface area (Å²) in [6.45, 7) is 2.83. The second-order valence-electron chi connectivity index (χ2n) is 3.73. The molecule has 2 N–H and O–H groups in total. The maximum absolute atomic E-state index is 13.0. The van der Waals surface area contributed by atoms with E-state index in [4.69, 9.17) is 0 Å². The summed E-state index contributed by atoms with van der Waals surface area (Å²) in [5.74, 6) is 0.679. The molecular formula is C12H14FN5. The maximum Gasteiger partial charge on any atom is 0.244 e. The highest BCUT2D eigenvalue weighted by molar-refractivity contribution is 5.55. The van der Waals surface area contributed by atoms with Gasteiger partial charge in [-0.1, -0.05) is 13.0 Å². The summed E-state index contributed by atoms with van der Waals surface area (Å²) in [6, 6.07) is 6.16. The molecule has 0 aliphatic rings. The fourth-order valence-electron chi connectivity index (χ4n) is 1.39. The number of anilines is 3. The van der Waals surface area contributed by atoms with Crippen molar-refractivity contribution in [3.05, 3.63) is 36.3 Å². The number of hydrogen-bond donors (Lipinski definition) is 2. The molecule has 0 saturated carbocycles. The van der Waals surface area contributed by atoms with Crippen molar-refractivity contribution >= 4 is 17.5 Å². The van der Waals surface area contributed by atoms with Gasteiger partial charge in [0.25, 0.3) is 0 Å². The van der Waals surface area contributed by atoms with Crippen LogP contribution in [0.25, 0.3) is 0 Å². The Morgan fingerprint density at radius 1 is 1.33 bits per heavy atom. The van der Waals surface area contributed by atoms with Gasteiger partial charge in [-0.05, 0) is 24.6 Å². The zero-order valence-corrected chi connectivity index (χ0v) is 10.0. The number of hydrogen-bond acceptors (Lipinski definition) is 5. The van der Waals surface area contributed by atoms with Crippen LogP contribution in [0.3, 0.4) is 0 Å². The molecule has 6 heteroatoms. The third-order valence-corrected chi connectivity index (χ3v) is 2.19. The van der Waals surface area contributed by atoms with Crippen molar-refractivity contribution < 1.29 is 4.39 Å². The van der Waals surface area contributed by atoms with Gasteiger partial charge in [-0.2, -0.15) is 10.1 Å². The molecule has 1 aromatic carbocycles. The van der Waals surface area contributed by atoms with Crippen molar-refractivity contribution in [2.24, 2.45) is 0 Å². The third kappa shape index (κ3) is 3.38.